The number of tetrazole rings is 1. The molecule has 0 saturated heterocycles. The van der Waals surface area contributed by atoms with E-state index in [1.54, 1.807) is 0 Å². The van der Waals surface area contributed by atoms with E-state index in [0.717, 1.165) is 25.5 Å². The van der Waals surface area contributed by atoms with Gasteiger partial charge in [0.25, 0.3) is 0 Å². The largest absolute Gasteiger partial charge is 0.335 e. The van der Waals surface area contributed by atoms with Crippen LogP contribution in [0.3, 0.4) is 0 Å². The third-order valence-electron chi connectivity index (χ3n) is 4.09. The molecule has 0 aromatic carbocycles. The van der Waals surface area contributed by atoms with E-state index in [-0.39, 0.29) is 0 Å². The van der Waals surface area contributed by atoms with Gasteiger partial charge in [-0.15, -0.1) is 0 Å². The highest BCUT2D eigenvalue weighted by molar-refractivity contribution is 5.36. The van der Waals surface area contributed by atoms with Crippen molar-refractivity contribution in [3.8, 4) is 0 Å². The van der Waals surface area contributed by atoms with Crippen LogP contribution >= 0.6 is 0 Å². The van der Waals surface area contributed by atoms with E-state index in [2.05, 4.69) is 34.3 Å². The second kappa shape index (κ2) is 4.13. The smallest absolute Gasteiger partial charge is 0.246 e. The minimum absolute atomic E-state index is 0.535. The zero-order chi connectivity index (χ0) is 11.8. The van der Waals surface area contributed by atoms with Crippen molar-refractivity contribution in [2.24, 2.45) is 0 Å². The molecule has 17 heavy (non-hydrogen) atoms. The molecule has 0 N–H and O–H groups in total. The van der Waals surface area contributed by atoms with Crippen molar-refractivity contribution < 1.29 is 0 Å². The standard InChI is InChI=1S/C12H19N5/c1-9-6-7-16(8-10(9)2)12-13-14-15-17(12)11-4-3-5-11/h11H,3-8H2,1-2H3. The molecule has 0 unspecified atom stereocenters. The van der Waals surface area contributed by atoms with Gasteiger partial charge in [0.2, 0.25) is 5.95 Å². The maximum absolute atomic E-state index is 4.21. The van der Waals surface area contributed by atoms with E-state index in [9.17, 15) is 0 Å². The number of nitrogens with zero attached hydrogens (tertiary/aromatic N) is 5. The minimum Gasteiger partial charge on any atom is -0.335 e. The molecule has 1 aliphatic carbocycles. The van der Waals surface area contributed by atoms with Gasteiger partial charge in [0.15, 0.2) is 0 Å². The van der Waals surface area contributed by atoms with Crippen molar-refractivity contribution >= 4 is 5.95 Å². The van der Waals surface area contributed by atoms with Crippen LogP contribution in [0.25, 0.3) is 0 Å². The predicted octanol–water partition coefficient (Wildman–Crippen LogP) is 1.94. The van der Waals surface area contributed by atoms with Crippen molar-refractivity contribution in [2.45, 2.75) is 45.6 Å². The summed E-state index contributed by atoms with van der Waals surface area (Å²) in [5.41, 5.74) is 2.98. The summed E-state index contributed by atoms with van der Waals surface area (Å²) >= 11 is 0. The molecule has 1 saturated carbocycles. The van der Waals surface area contributed by atoms with Gasteiger partial charge in [-0.1, -0.05) is 16.2 Å². The van der Waals surface area contributed by atoms with Crippen molar-refractivity contribution in [1.29, 1.82) is 0 Å². The van der Waals surface area contributed by atoms with E-state index in [0.29, 0.717) is 6.04 Å². The molecule has 1 aromatic heterocycles. The second-order valence-corrected chi connectivity index (χ2v) is 5.24. The van der Waals surface area contributed by atoms with Crippen molar-refractivity contribution in [2.75, 3.05) is 18.0 Å². The fourth-order valence-corrected chi connectivity index (χ4v) is 2.45. The first-order valence-corrected chi connectivity index (χ1v) is 6.44. The third kappa shape index (κ3) is 1.83. The van der Waals surface area contributed by atoms with Crippen LogP contribution < -0.4 is 4.90 Å². The van der Waals surface area contributed by atoms with Crippen LogP contribution in [0.1, 0.15) is 45.6 Å². The van der Waals surface area contributed by atoms with Crippen molar-refractivity contribution in [3.63, 3.8) is 0 Å². The van der Waals surface area contributed by atoms with Crippen molar-refractivity contribution in [1.82, 2.24) is 20.2 Å². The topological polar surface area (TPSA) is 46.8 Å². The lowest BCUT2D eigenvalue weighted by Gasteiger charge is -2.32. The number of rotatable bonds is 2. The number of hydrogen-bond donors (Lipinski definition) is 0. The Morgan fingerprint density at radius 3 is 2.65 bits per heavy atom. The molecule has 3 rings (SSSR count). The Balaban J connectivity index is 1.83. The molecule has 5 heteroatoms. The zero-order valence-corrected chi connectivity index (χ0v) is 10.6. The molecule has 0 amide bonds. The molecule has 1 aliphatic heterocycles. The molecule has 0 atom stereocenters. The molecule has 2 aliphatic rings. The normalized spacial score (nSPS) is 21.9. The van der Waals surface area contributed by atoms with Crippen LogP contribution in [0.2, 0.25) is 0 Å². The van der Waals surface area contributed by atoms with Gasteiger partial charge in [0, 0.05) is 13.1 Å². The predicted molar refractivity (Wildman–Crippen MR) is 65.9 cm³/mol. The Morgan fingerprint density at radius 1 is 1.18 bits per heavy atom. The molecule has 0 bridgehead atoms. The van der Waals surface area contributed by atoms with E-state index >= 15 is 0 Å². The van der Waals surface area contributed by atoms with E-state index in [1.165, 1.54) is 30.4 Å². The SMILES string of the molecule is CC1=C(C)CN(c2nnnn2C2CCC2)CC1. The summed E-state index contributed by atoms with van der Waals surface area (Å²) in [6.07, 6.45) is 4.88. The van der Waals surface area contributed by atoms with Crippen LogP contribution in [-0.4, -0.2) is 33.3 Å². The second-order valence-electron chi connectivity index (χ2n) is 5.24. The first-order chi connectivity index (χ1) is 8.25. The molecular weight excluding hydrogens is 214 g/mol. The lowest BCUT2D eigenvalue weighted by Crippen LogP contribution is -2.34. The van der Waals surface area contributed by atoms with Gasteiger partial charge < -0.3 is 4.90 Å². The van der Waals surface area contributed by atoms with Gasteiger partial charge in [0.05, 0.1) is 6.04 Å². The van der Waals surface area contributed by atoms with E-state index in [4.69, 9.17) is 0 Å². The number of aromatic nitrogens is 4. The molecule has 0 radical (unpaired) electrons. The average Bonchev–Trinajstić information content (AvgIpc) is 2.68. The Labute approximate surface area is 101 Å². The molecule has 1 aromatic rings. The lowest BCUT2D eigenvalue weighted by molar-refractivity contribution is 0.285. The molecule has 5 nitrogen and oxygen atoms in total. The molecule has 2 heterocycles. The Morgan fingerprint density at radius 2 is 2.00 bits per heavy atom. The first-order valence-electron chi connectivity index (χ1n) is 6.44. The van der Waals surface area contributed by atoms with Gasteiger partial charge in [-0.3, -0.25) is 0 Å². The van der Waals surface area contributed by atoms with Crippen LogP contribution in [-0.2, 0) is 0 Å². The molecular formula is C12H19N5. The lowest BCUT2D eigenvalue weighted by atomic mass is 9.93. The quantitative estimate of drug-likeness (QED) is 0.732. The van der Waals surface area contributed by atoms with Crippen molar-refractivity contribution in [3.05, 3.63) is 11.1 Å². The highest BCUT2D eigenvalue weighted by Gasteiger charge is 2.27. The minimum atomic E-state index is 0.535. The zero-order valence-electron chi connectivity index (χ0n) is 10.6. The highest BCUT2D eigenvalue weighted by atomic mass is 15.6. The summed E-state index contributed by atoms with van der Waals surface area (Å²) in [7, 11) is 0. The summed E-state index contributed by atoms with van der Waals surface area (Å²) in [6.45, 7) is 6.44. The number of anilines is 1. The number of hydrogen-bond acceptors (Lipinski definition) is 4. The Kier molecular flexibility index (Phi) is 2.61. The van der Waals surface area contributed by atoms with Crippen LogP contribution in [0, 0.1) is 0 Å². The van der Waals surface area contributed by atoms with Gasteiger partial charge in [-0.2, -0.15) is 0 Å². The van der Waals surface area contributed by atoms with Gasteiger partial charge in [0.1, 0.15) is 0 Å². The van der Waals surface area contributed by atoms with Gasteiger partial charge in [-0.25, -0.2) is 4.68 Å². The maximum atomic E-state index is 4.21. The monoisotopic (exact) mass is 233 g/mol. The Hall–Kier alpha value is -1.39. The van der Waals surface area contributed by atoms with Gasteiger partial charge >= 0.3 is 0 Å². The first kappa shape index (κ1) is 10.7. The molecule has 1 fully saturated rings. The summed E-state index contributed by atoms with van der Waals surface area (Å²) in [5.74, 6) is 0.960. The van der Waals surface area contributed by atoms with Crippen LogP contribution in [0.5, 0.6) is 0 Å². The summed E-state index contributed by atoms with van der Waals surface area (Å²) in [4.78, 5) is 2.31. The fourth-order valence-electron chi connectivity index (χ4n) is 2.45. The summed E-state index contributed by atoms with van der Waals surface area (Å²) in [6, 6.07) is 0.535. The average molecular weight is 233 g/mol. The Bertz CT molecular complexity index is 444. The molecule has 0 spiro atoms. The van der Waals surface area contributed by atoms with Crippen LogP contribution in [0.15, 0.2) is 11.1 Å². The third-order valence-corrected chi connectivity index (χ3v) is 4.09. The van der Waals surface area contributed by atoms with Crippen LogP contribution in [0.4, 0.5) is 5.95 Å². The fraction of sp³-hybridized carbons (Fsp3) is 0.750. The summed E-state index contributed by atoms with van der Waals surface area (Å²) < 4.78 is 2.03. The van der Waals surface area contributed by atoms with Gasteiger partial charge in [-0.05, 0) is 50.0 Å². The summed E-state index contributed by atoms with van der Waals surface area (Å²) in [5, 5.41) is 12.2. The maximum Gasteiger partial charge on any atom is 0.246 e. The van der Waals surface area contributed by atoms with E-state index in [1.807, 2.05) is 4.68 Å². The molecule has 92 valence electrons. The highest BCUT2D eigenvalue weighted by Crippen LogP contribution is 2.33. The van der Waals surface area contributed by atoms with E-state index < -0.39 is 0 Å².